The second-order valence-corrected chi connectivity index (χ2v) is 7.28. The Bertz CT molecular complexity index is 1340. The molecule has 0 aliphatic carbocycles. The molecule has 0 unspecified atom stereocenters. The van der Waals surface area contributed by atoms with Crippen molar-refractivity contribution in [2.24, 2.45) is 5.10 Å². The fourth-order valence-corrected chi connectivity index (χ4v) is 3.59. The van der Waals surface area contributed by atoms with Crippen molar-refractivity contribution in [3.63, 3.8) is 0 Å². The smallest absolute Gasteiger partial charge is 0.244 e. The molecule has 0 aliphatic heterocycles. The van der Waals surface area contributed by atoms with Crippen LogP contribution in [0.4, 0.5) is 5.95 Å². The van der Waals surface area contributed by atoms with Crippen LogP contribution in [-0.4, -0.2) is 21.3 Å². The normalized spacial score (nSPS) is 11.1. The molecule has 5 heteroatoms. The van der Waals surface area contributed by atoms with Gasteiger partial charge >= 0.3 is 0 Å². The number of fused-ring (bicyclic) bond motifs is 1. The van der Waals surface area contributed by atoms with E-state index in [1.54, 1.807) is 12.3 Å². The van der Waals surface area contributed by atoms with Crippen LogP contribution < -0.4 is 5.43 Å². The average Bonchev–Trinajstić information content (AvgIpc) is 2.86. The molecular weight excluding hydrogens is 396 g/mol. The van der Waals surface area contributed by atoms with Gasteiger partial charge in [0.25, 0.3) is 0 Å². The Balaban J connectivity index is 1.52. The molecule has 4 aromatic carbocycles. The highest BCUT2D eigenvalue weighted by atomic mass is 16.3. The van der Waals surface area contributed by atoms with E-state index in [-0.39, 0.29) is 5.75 Å². The van der Waals surface area contributed by atoms with E-state index >= 15 is 0 Å². The van der Waals surface area contributed by atoms with Crippen LogP contribution >= 0.6 is 0 Å². The summed E-state index contributed by atoms with van der Waals surface area (Å²) in [6.45, 7) is 0. The van der Waals surface area contributed by atoms with Crippen molar-refractivity contribution in [1.82, 2.24) is 9.97 Å². The third-order valence-corrected chi connectivity index (χ3v) is 5.17. The molecule has 32 heavy (non-hydrogen) atoms. The molecule has 5 aromatic rings. The molecule has 154 valence electrons. The van der Waals surface area contributed by atoms with Crippen LogP contribution in [0.15, 0.2) is 108 Å². The number of anilines is 1. The van der Waals surface area contributed by atoms with Gasteiger partial charge in [0.2, 0.25) is 5.95 Å². The van der Waals surface area contributed by atoms with Gasteiger partial charge in [-0.3, -0.25) is 0 Å². The van der Waals surface area contributed by atoms with Gasteiger partial charge in [0.1, 0.15) is 5.75 Å². The van der Waals surface area contributed by atoms with Gasteiger partial charge in [-0.15, -0.1) is 0 Å². The Morgan fingerprint density at radius 3 is 1.94 bits per heavy atom. The van der Waals surface area contributed by atoms with Crippen molar-refractivity contribution in [3.05, 3.63) is 109 Å². The molecule has 0 amide bonds. The van der Waals surface area contributed by atoms with Crippen molar-refractivity contribution < 1.29 is 5.11 Å². The molecule has 5 nitrogen and oxygen atoms in total. The quantitative estimate of drug-likeness (QED) is 0.268. The van der Waals surface area contributed by atoms with Crippen LogP contribution in [0.1, 0.15) is 5.56 Å². The van der Waals surface area contributed by atoms with Crippen LogP contribution in [0, 0.1) is 0 Å². The first-order valence-corrected chi connectivity index (χ1v) is 10.3. The Hall–Kier alpha value is -4.51. The maximum absolute atomic E-state index is 10.3. The Morgan fingerprint density at radius 1 is 0.688 bits per heavy atom. The van der Waals surface area contributed by atoms with E-state index in [1.165, 1.54) is 0 Å². The number of hydrogen-bond donors (Lipinski definition) is 2. The summed E-state index contributed by atoms with van der Waals surface area (Å²) < 4.78 is 0. The lowest BCUT2D eigenvalue weighted by atomic mass is 10.0. The van der Waals surface area contributed by atoms with E-state index < -0.39 is 0 Å². The van der Waals surface area contributed by atoms with E-state index in [9.17, 15) is 5.11 Å². The maximum Gasteiger partial charge on any atom is 0.244 e. The van der Waals surface area contributed by atoms with Crippen LogP contribution in [0.5, 0.6) is 5.75 Å². The molecule has 0 saturated carbocycles. The van der Waals surface area contributed by atoms with E-state index in [0.717, 1.165) is 33.3 Å². The zero-order valence-electron chi connectivity index (χ0n) is 17.2. The van der Waals surface area contributed by atoms with E-state index in [0.29, 0.717) is 11.5 Å². The summed E-state index contributed by atoms with van der Waals surface area (Å²) in [4.78, 5) is 9.29. The molecule has 0 aliphatic rings. The first kappa shape index (κ1) is 19.5. The summed E-state index contributed by atoms with van der Waals surface area (Å²) >= 11 is 0. The molecule has 1 aromatic heterocycles. The molecular formula is C27H20N4O. The SMILES string of the molecule is Oc1ccc2ccccc2c1/C=N\Nc1nc(-c2ccccc2)cc(-c2ccccc2)n1. The monoisotopic (exact) mass is 416 g/mol. The number of hydrogen-bond acceptors (Lipinski definition) is 5. The van der Waals surface area contributed by atoms with E-state index in [4.69, 9.17) is 0 Å². The van der Waals surface area contributed by atoms with Gasteiger partial charge in [-0.1, -0.05) is 91.0 Å². The van der Waals surface area contributed by atoms with Crippen LogP contribution in [0.25, 0.3) is 33.3 Å². The lowest BCUT2D eigenvalue weighted by Crippen LogP contribution is -2.00. The first-order chi connectivity index (χ1) is 15.8. The number of rotatable bonds is 5. The van der Waals surface area contributed by atoms with Crippen molar-refractivity contribution >= 4 is 22.9 Å². The van der Waals surface area contributed by atoms with Crippen molar-refractivity contribution in [2.75, 3.05) is 5.43 Å². The topological polar surface area (TPSA) is 70.4 Å². The van der Waals surface area contributed by atoms with Crippen LogP contribution in [0.3, 0.4) is 0 Å². The number of phenolic OH excluding ortho intramolecular Hbond substituents is 1. The summed E-state index contributed by atoms with van der Waals surface area (Å²) in [5.41, 5.74) is 7.15. The van der Waals surface area contributed by atoms with Gasteiger partial charge < -0.3 is 5.11 Å². The zero-order valence-corrected chi connectivity index (χ0v) is 17.2. The second kappa shape index (κ2) is 8.70. The summed E-state index contributed by atoms with van der Waals surface area (Å²) in [6.07, 6.45) is 1.60. The fourth-order valence-electron chi connectivity index (χ4n) is 3.59. The van der Waals surface area contributed by atoms with Crippen molar-refractivity contribution in [2.45, 2.75) is 0 Å². The Labute approximate surface area is 185 Å². The predicted octanol–water partition coefficient (Wildman–Crippen LogP) is 6.12. The lowest BCUT2D eigenvalue weighted by Gasteiger charge is -2.09. The van der Waals surface area contributed by atoms with E-state index in [1.807, 2.05) is 97.1 Å². The molecule has 0 atom stereocenters. The number of aromatic hydroxyl groups is 1. The summed E-state index contributed by atoms with van der Waals surface area (Å²) in [5.74, 6) is 0.541. The first-order valence-electron chi connectivity index (χ1n) is 10.3. The van der Waals surface area contributed by atoms with Gasteiger partial charge in [-0.05, 0) is 22.9 Å². The Kier molecular flexibility index (Phi) is 5.29. The molecule has 0 saturated heterocycles. The molecule has 0 bridgehead atoms. The zero-order chi connectivity index (χ0) is 21.8. The van der Waals surface area contributed by atoms with Gasteiger partial charge in [0.15, 0.2) is 0 Å². The largest absolute Gasteiger partial charge is 0.507 e. The summed E-state index contributed by atoms with van der Waals surface area (Å²) in [7, 11) is 0. The molecule has 2 N–H and O–H groups in total. The minimum atomic E-state index is 0.165. The van der Waals surface area contributed by atoms with Crippen LogP contribution in [0.2, 0.25) is 0 Å². The van der Waals surface area contributed by atoms with Crippen molar-refractivity contribution in [3.8, 4) is 28.3 Å². The standard InChI is InChI=1S/C27H20N4O/c32-26-16-15-19-9-7-8-14-22(19)23(26)18-28-31-27-29-24(20-10-3-1-4-11-20)17-25(30-27)21-12-5-2-6-13-21/h1-18,32H,(H,29,30,31)/b28-18-. The highest BCUT2D eigenvalue weighted by Crippen LogP contribution is 2.27. The summed E-state index contributed by atoms with van der Waals surface area (Å²) in [6, 6.07) is 33.3. The summed E-state index contributed by atoms with van der Waals surface area (Å²) in [5, 5.41) is 16.6. The number of phenols is 1. The second-order valence-electron chi connectivity index (χ2n) is 7.28. The predicted molar refractivity (Wildman–Crippen MR) is 130 cm³/mol. The Morgan fingerprint density at radius 2 is 1.28 bits per heavy atom. The minimum Gasteiger partial charge on any atom is -0.507 e. The number of hydrazone groups is 1. The van der Waals surface area contributed by atoms with E-state index in [2.05, 4.69) is 20.5 Å². The average molecular weight is 416 g/mol. The van der Waals surface area contributed by atoms with Gasteiger partial charge in [0.05, 0.1) is 17.6 Å². The molecule has 0 radical (unpaired) electrons. The fraction of sp³-hybridized carbons (Fsp3) is 0. The van der Waals surface area contributed by atoms with Gasteiger partial charge in [-0.25, -0.2) is 15.4 Å². The van der Waals surface area contributed by atoms with Crippen molar-refractivity contribution in [1.29, 1.82) is 0 Å². The lowest BCUT2D eigenvalue weighted by molar-refractivity contribution is 0.475. The molecule has 0 spiro atoms. The number of nitrogens with one attached hydrogen (secondary N) is 1. The molecule has 1 heterocycles. The van der Waals surface area contributed by atoms with Crippen LogP contribution in [-0.2, 0) is 0 Å². The maximum atomic E-state index is 10.3. The third kappa shape index (κ3) is 4.04. The molecule has 0 fully saturated rings. The number of benzene rings is 4. The highest BCUT2D eigenvalue weighted by Gasteiger charge is 2.09. The molecule has 5 rings (SSSR count). The minimum absolute atomic E-state index is 0.165. The number of aromatic nitrogens is 2. The highest BCUT2D eigenvalue weighted by molar-refractivity contribution is 6.02. The van der Waals surface area contributed by atoms with Gasteiger partial charge in [0, 0.05) is 16.7 Å². The number of nitrogens with zero attached hydrogens (tertiary/aromatic N) is 3. The third-order valence-electron chi connectivity index (χ3n) is 5.17. The van der Waals surface area contributed by atoms with Gasteiger partial charge in [-0.2, -0.15) is 5.10 Å².